The van der Waals surface area contributed by atoms with Crippen LogP contribution in [-0.2, 0) is 10.5 Å². The van der Waals surface area contributed by atoms with Crippen LogP contribution in [0.3, 0.4) is 0 Å². The lowest BCUT2D eigenvalue weighted by molar-refractivity contribution is -0.113. The van der Waals surface area contributed by atoms with E-state index in [1.807, 2.05) is 13.8 Å². The molecule has 130 valence electrons. The number of aromatic nitrogens is 2. The zero-order valence-corrected chi connectivity index (χ0v) is 15.3. The van der Waals surface area contributed by atoms with Crippen molar-refractivity contribution in [3.63, 3.8) is 0 Å². The predicted molar refractivity (Wildman–Crippen MR) is 101 cm³/mol. The molecule has 8 heteroatoms. The number of carbonyl (C=O) groups excluding carboxylic acids is 1. The first-order valence-electron chi connectivity index (χ1n) is 7.56. The molecule has 0 aliphatic rings. The molecule has 1 aromatic carbocycles. The summed E-state index contributed by atoms with van der Waals surface area (Å²) in [4.78, 5) is 33.1. The maximum Gasteiger partial charge on any atom is 0.259 e. The van der Waals surface area contributed by atoms with E-state index >= 15 is 0 Å². The summed E-state index contributed by atoms with van der Waals surface area (Å²) in [7, 11) is 0. The summed E-state index contributed by atoms with van der Waals surface area (Å²) in [6, 6.07) is 5.74. The summed E-state index contributed by atoms with van der Waals surface area (Å²) in [6.07, 6.45) is 0. The number of H-pyrrole nitrogens is 1. The monoisotopic (exact) mass is 377 g/mol. The van der Waals surface area contributed by atoms with Crippen LogP contribution >= 0.6 is 23.1 Å². The molecule has 0 bridgehead atoms. The Labute approximate surface area is 151 Å². The number of nitrogens with one attached hydrogen (secondary N) is 2. The van der Waals surface area contributed by atoms with E-state index in [1.165, 1.54) is 41.3 Å². The Morgan fingerprint density at radius 3 is 2.96 bits per heavy atom. The fourth-order valence-corrected chi connectivity index (χ4v) is 4.11. The fraction of sp³-hybridized carbons (Fsp3) is 0.235. The van der Waals surface area contributed by atoms with Crippen molar-refractivity contribution in [2.75, 3.05) is 11.1 Å². The maximum absolute atomic E-state index is 13.1. The van der Waals surface area contributed by atoms with Crippen LogP contribution < -0.4 is 10.9 Å². The zero-order valence-electron chi connectivity index (χ0n) is 13.7. The van der Waals surface area contributed by atoms with E-state index in [0.717, 1.165) is 15.3 Å². The number of amides is 1. The van der Waals surface area contributed by atoms with Crippen molar-refractivity contribution in [1.82, 2.24) is 9.97 Å². The SMILES string of the molecule is Cc1sc2nc(CSCC(=O)Nc3cccc(F)c3)[nH]c(=O)c2c1C. The van der Waals surface area contributed by atoms with E-state index in [0.29, 0.717) is 22.7 Å². The minimum atomic E-state index is -0.401. The van der Waals surface area contributed by atoms with Gasteiger partial charge in [0.05, 0.1) is 16.9 Å². The van der Waals surface area contributed by atoms with Gasteiger partial charge in [-0.05, 0) is 37.6 Å². The summed E-state index contributed by atoms with van der Waals surface area (Å²) in [6.45, 7) is 3.88. The van der Waals surface area contributed by atoms with Gasteiger partial charge in [-0.25, -0.2) is 9.37 Å². The van der Waals surface area contributed by atoms with Crippen LogP contribution in [0.15, 0.2) is 29.1 Å². The molecule has 25 heavy (non-hydrogen) atoms. The van der Waals surface area contributed by atoms with Gasteiger partial charge in [-0.2, -0.15) is 0 Å². The molecule has 2 aromatic heterocycles. The van der Waals surface area contributed by atoms with Crippen molar-refractivity contribution in [2.45, 2.75) is 19.6 Å². The van der Waals surface area contributed by atoms with Crippen molar-refractivity contribution in [2.24, 2.45) is 0 Å². The van der Waals surface area contributed by atoms with E-state index in [-0.39, 0.29) is 17.2 Å². The number of hydrogen-bond donors (Lipinski definition) is 2. The van der Waals surface area contributed by atoms with Gasteiger partial charge < -0.3 is 10.3 Å². The zero-order chi connectivity index (χ0) is 18.0. The highest BCUT2D eigenvalue weighted by Crippen LogP contribution is 2.26. The molecular formula is C17H16FN3O2S2. The second kappa shape index (κ2) is 7.37. The van der Waals surface area contributed by atoms with Crippen LogP contribution in [0.4, 0.5) is 10.1 Å². The second-order valence-corrected chi connectivity index (χ2v) is 7.72. The lowest BCUT2D eigenvalue weighted by Gasteiger charge is -2.05. The molecule has 0 saturated heterocycles. The van der Waals surface area contributed by atoms with Crippen molar-refractivity contribution in [3.8, 4) is 0 Å². The first-order chi connectivity index (χ1) is 11.9. The lowest BCUT2D eigenvalue weighted by atomic mass is 10.2. The Kier molecular flexibility index (Phi) is 5.19. The third kappa shape index (κ3) is 4.08. The molecule has 2 N–H and O–H groups in total. The van der Waals surface area contributed by atoms with Crippen molar-refractivity contribution in [1.29, 1.82) is 0 Å². The molecule has 2 heterocycles. The van der Waals surface area contributed by atoms with Crippen molar-refractivity contribution < 1.29 is 9.18 Å². The number of fused-ring (bicyclic) bond motifs is 1. The van der Waals surface area contributed by atoms with Gasteiger partial charge in [0, 0.05) is 10.6 Å². The minimum absolute atomic E-state index is 0.147. The molecule has 5 nitrogen and oxygen atoms in total. The van der Waals surface area contributed by atoms with Crippen LogP contribution in [0.2, 0.25) is 0 Å². The van der Waals surface area contributed by atoms with E-state index in [1.54, 1.807) is 6.07 Å². The van der Waals surface area contributed by atoms with Gasteiger partial charge in [-0.1, -0.05) is 6.07 Å². The molecule has 0 aliphatic carbocycles. The lowest BCUT2D eigenvalue weighted by Crippen LogP contribution is -2.15. The first kappa shape index (κ1) is 17.6. The van der Waals surface area contributed by atoms with Gasteiger partial charge in [-0.3, -0.25) is 9.59 Å². The summed E-state index contributed by atoms with van der Waals surface area (Å²) in [5.41, 5.74) is 1.23. The van der Waals surface area contributed by atoms with Crippen molar-refractivity contribution >= 4 is 44.9 Å². The predicted octanol–water partition coefficient (Wildman–Crippen LogP) is 3.61. The molecule has 0 saturated carbocycles. The maximum atomic E-state index is 13.1. The number of carbonyl (C=O) groups is 1. The van der Waals surface area contributed by atoms with E-state index in [2.05, 4.69) is 15.3 Å². The third-order valence-corrected chi connectivity index (χ3v) is 5.71. The van der Waals surface area contributed by atoms with Crippen LogP contribution in [0.5, 0.6) is 0 Å². The largest absolute Gasteiger partial charge is 0.325 e. The summed E-state index contributed by atoms with van der Waals surface area (Å²) < 4.78 is 13.1. The van der Waals surface area contributed by atoms with Gasteiger partial charge in [-0.15, -0.1) is 23.1 Å². The highest BCUT2D eigenvalue weighted by molar-refractivity contribution is 7.99. The highest BCUT2D eigenvalue weighted by Gasteiger charge is 2.12. The Bertz CT molecular complexity index is 997. The second-order valence-electron chi connectivity index (χ2n) is 5.53. The van der Waals surface area contributed by atoms with Crippen LogP contribution in [-0.4, -0.2) is 21.6 Å². The van der Waals surface area contributed by atoms with Gasteiger partial charge >= 0.3 is 0 Å². The topological polar surface area (TPSA) is 74.8 Å². The number of thiophene rings is 1. The van der Waals surface area contributed by atoms with Gasteiger partial charge in [0.1, 0.15) is 16.5 Å². The number of hydrogen-bond acceptors (Lipinski definition) is 5. The summed E-state index contributed by atoms with van der Waals surface area (Å²) in [5.74, 6) is 0.504. The number of anilines is 1. The standard InChI is InChI=1S/C17H16FN3O2S2/c1-9-10(2)25-17-15(9)16(23)20-13(21-17)7-24-8-14(22)19-12-5-3-4-11(18)6-12/h3-6H,7-8H2,1-2H3,(H,19,22)(H,20,21,23). The van der Waals surface area contributed by atoms with Crippen LogP contribution in [0, 0.1) is 19.7 Å². The van der Waals surface area contributed by atoms with E-state index < -0.39 is 5.82 Å². The molecule has 0 radical (unpaired) electrons. The molecule has 1 amide bonds. The Morgan fingerprint density at radius 1 is 1.40 bits per heavy atom. The van der Waals surface area contributed by atoms with Crippen LogP contribution in [0.1, 0.15) is 16.3 Å². The average molecular weight is 377 g/mol. The fourth-order valence-electron chi connectivity index (χ4n) is 2.37. The highest BCUT2D eigenvalue weighted by atomic mass is 32.2. The number of thioether (sulfide) groups is 1. The molecule has 0 spiro atoms. The number of nitrogens with zero attached hydrogens (tertiary/aromatic N) is 1. The first-order valence-corrected chi connectivity index (χ1v) is 9.53. The molecule has 3 aromatic rings. The summed E-state index contributed by atoms with van der Waals surface area (Å²) >= 11 is 2.83. The number of halogens is 1. The number of rotatable bonds is 5. The number of benzene rings is 1. The third-order valence-electron chi connectivity index (χ3n) is 3.67. The Hall–Kier alpha value is -2.19. The number of aryl methyl sites for hydroxylation is 2. The smallest absolute Gasteiger partial charge is 0.259 e. The van der Waals surface area contributed by atoms with Gasteiger partial charge in [0.25, 0.3) is 5.56 Å². The Morgan fingerprint density at radius 2 is 2.20 bits per heavy atom. The molecule has 0 fully saturated rings. The van der Waals surface area contributed by atoms with Gasteiger partial charge in [0.2, 0.25) is 5.91 Å². The number of aromatic amines is 1. The Balaban J connectivity index is 1.61. The van der Waals surface area contributed by atoms with Crippen LogP contribution in [0.25, 0.3) is 10.2 Å². The molecule has 0 atom stereocenters. The molecule has 0 unspecified atom stereocenters. The minimum Gasteiger partial charge on any atom is -0.325 e. The average Bonchev–Trinajstić information content (AvgIpc) is 2.82. The normalized spacial score (nSPS) is 11.0. The van der Waals surface area contributed by atoms with Gasteiger partial charge in [0.15, 0.2) is 0 Å². The molecule has 3 rings (SSSR count). The van der Waals surface area contributed by atoms with Crippen molar-refractivity contribution in [3.05, 3.63) is 56.7 Å². The molecule has 0 aliphatic heterocycles. The van der Waals surface area contributed by atoms with E-state index in [4.69, 9.17) is 0 Å². The van der Waals surface area contributed by atoms with E-state index in [9.17, 15) is 14.0 Å². The quantitative estimate of drug-likeness (QED) is 0.712. The summed E-state index contributed by atoms with van der Waals surface area (Å²) in [5, 5.41) is 3.27. The molecular weight excluding hydrogens is 361 g/mol.